The number of carbonyl (C=O) groups is 3. The first-order valence-corrected chi connectivity index (χ1v) is 11.7. The molecule has 196 valence electrons. The van der Waals surface area contributed by atoms with Crippen LogP contribution in [-0.2, 0) is 16.1 Å². The zero-order valence-electron chi connectivity index (χ0n) is 20.7. The Hall–Kier alpha value is -4.50. The first-order chi connectivity index (χ1) is 18.2. The van der Waals surface area contributed by atoms with Crippen molar-refractivity contribution in [3.8, 4) is 17.2 Å². The highest BCUT2D eigenvalue weighted by atomic mass is 35.5. The molecule has 0 radical (unpaired) electrons. The number of likely N-dealkylation sites (tertiary alicyclic amines) is 1. The van der Waals surface area contributed by atoms with E-state index in [2.05, 4.69) is 0 Å². The average molecular weight is 538 g/mol. The van der Waals surface area contributed by atoms with Crippen molar-refractivity contribution in [1.82, 2.24) is 4.90 Å². The van der Waals surface area contributed by atoms with E-state index in [-0.39, 0.29) is 34.0 Å². The second-order valence-corrected chi connectivity index (χ2v) is 8.77. The molecule has 1 heterocycles. The van der Waals surface area contributed by atoms with E-state index in [1.165, 1.54) is 50.5 Å². The standard InChI is InChI=1S/C28H24ClNO8/c1-36-20-7-5-4-6-17(20)24-23(25(31)18-12-19(29)22(38-3)13-21(18)37-2)26(32)27(33)30(24)14-15-8-10-16(11-9-15)28(34)35/h4-13,24,31H,14H2,1-3H3,(H,34,35)/b25-23+. The number of carbonyl (C=O) groups excluding carboxylic acids is 2. The normalized spacial score (nSPS) is 16.4. The number of ketones is 1. The summed E-state index contributed by atoms with van der Waals surface area (Å²) >= 11 is 6.31. The molecule has 1 aliphatic heterocycles. The number of benzene rings is 3. The zero-order valence-corrected chi connectivity index (χ0v) is 21.5. The van der Waals surface area contributed by atoms with Crippen LogP contribution in [0, 0.1) is 0 Å². The second-order valence-electron chi connectivity index (χ2n) is 8.36. The van der Waals surface area contributed by atoms with Crippen molar-refractivity contribution in [3.63, 3.8) is 0 Å². The monoisotopic (exact) mass is 537 g/mol. The maximum Gasteiger partial charge on any atom is 0.335 e. The van der Waals surface area contributed by atoms with Gasteiger partial charge in [-0.15, -0.1) is 0 Å². The molecule has 0 saturated carbocycles. The molecule has 10 heteroatoms. The van der Waals surface area contributed by atoms with Gasteiger partial charge in [0.1, 0.15) is 23.0 Å². The van der Waals surface area contributed by atoms with E-state index >= 15 is 0 Å². The van der Waals surface area contributed by atoms with Crippen LogP contribution in [-0.4, -0.2) is 54.1 Å². The summed E-state index contributed by atoms with van der Waals surface area (Å²) in [5, 5.41) is 20.8. The Kier molecular flexibility index (Phi) is 7.59. The van der Waals surface area contributed by atoms with Crippen LogP contribution in [0.4, 0.5) is 0 Å². The number of aliphatic hydroxyl groups is 1. The molecule has 0 spiro atoms. The number of Topliss-reactive ketones (excluding diaryl/α,β-unsaturated/α-hetero) is 1. The number of aromatic carboxylic acids is 1. The van der Waals surface area contributed by atoms with Crippen LogP contribution < -0.4 is 14.2 Å². The van der Waals surface area contributed by atoms with Crippen molar-refractivity contribution in [1.29, 1.82) is 0 Å². The molecule has 1 amide bonds. The number of para-hydroxylation sites is 1. The molecule has 4 rings (SSSR count). The maximum atomic E-state index is 13.4. The van der Waals surface area contributed by atoms with E-state index < -0.39 is 29.5 Å². The first kappa shape index (κ1) is 26.6. The summed E-state index contributed by atoms with van der Waals surface area (Å²) in [7, 11) is 4.27. The Balaban J connectivity index is 1.91. The minimum Gasteiger partial charge on any atom is -0.507 e. The molecule has 1 saturated heterocycles. The molecule has 1 unspecified atom stereocenters. The first-order valence-electron chi connectivity index (χ1n) is 11.4. The van der Waals surface area contributed by atoms with Gasteiger partial charge in [-0.25, -0.2) is 4.79 Å². The molecule has 3 aromatic carbocycles. The highest BCUT2D eigenvalue weighted by Gasteiger charge is 2.47. The van der Waals surface area contributed by atoms with Crippen molar-refractivity contribution < 1.29 is 38.8 Å². The van der Waals surface area contributed by atoms with Crippen LogP contribution >= 0.6 is 11.6 Å². The SMILES string of the molecule is COc1cc(OC)c(/C(O)=C2\C(=O)C(=O)N(Cc3ccc(C(=O)O)cc3)C2c2ccccc2OC)cc1Cl. The summed E-state index contributed by atoms with van der Waals surface area (Å²) < 4.78 is 16.1. The van der Waals surface area contributed by atoms with Gasteiger partial charge in [0.15, 0.2) is 0 Å². The summed E-state index contributed by atoms with van der Waals surface area (Å²) in [6, 6.07) is 14.6. The average Bonchev–Trinajstić information content (AvgIpc) is 3.17. The number of carboxylic acid groups (broad SMARTS) is 1. The van der Waals surface area contributed by atoms with E-state index in [0.29, 0.717) is 22.6 Å². The topological polar surface area (TPSA) is 123 Å². The van der Waals surface area contributed by atoms with Crippen LogP contribution in [0.25, 0.3) is 5.76 Å². The number of amides is 1. The maximum absolute atomic E-state index is 13.4. The van der Waals surface area contributed by atoms with Crippen molar-refractivity contribution in [2.75, 3.05) is 21.3 Å². The van der Waals surface area contributed by atoms with Crippen molar-refractivity contribution in [3.05, 3.63) is 93.5 Å². The number of ether oxygens (including phenoxy) is 3. The predicted molar refractivity (Wildman–Crippen MR) is 139 cm³/mol. The van der Waals surface area contributed by atoms with E-state index in [9.17, 15) is 24.6 Å². The minimum absolute atomic E-state index is 0.0372. The third kappa shape index (κ3) is 4.76. The number of hydrogen-bond donors (Lipinski definition) is 2. The quantitative estimate of drug-likeness (QED) is 0.241. The summed E-state index contributed by atoms with van der Waals surface area (Å²) in [5.41, 5.74) is 1.06. The number of halogens is 1. The minimum atomic E-state index is -1.09. The lowest BCUT2D eigenvalue weighted by Gasteiger charge is -2.27. The molecule has 38 heavy (non-hydrogen) atoms. The molecule has 0 aromatic heterocycles. The van der Waals surface area contributed by atoms with Gasteiger partial charge in [0.25, 0.3) is 11.7 Å². The Morgan fingerprint density at radius 3 is 2.13 bits per heavy atom. The zero-order chi connectivity index (χ0) is 27.6. The van der Waals surface area contributed by atoms with E-state index in [1.807, 2.05) is 0 Å². The molecule has 0 bridgehead atoms. The number of hydrogen-bond acceptors (Lipinski definition) is 7. The van der Waals surface area contributed by atoms with Gasteiger partial charge >= 0.3 is 5.97 Å². The number of carboxylic acids is 1. The number of nitrogens with zero attached hydrogens (tertiary/aromatic N) is 1. The summed E-state index contributed by atoms with van der Waals surface area (Å²) in [5.74, 6) is -2.44. The molecule has 1 atom stereocenters. The highest BCUT2D eigenvalue weighted by molar-refractivity contribution is 6.46. The molecule has 0 aliphatic carbocycles. The lowest BCUT2D eigenvalue weighted by molar-refractivity contribution is -0.140. The molecular weight excluding hydrogens is 514 g/mol. The number of aliphatic hydroxyl groups excluding tert-OH is 1. The molecule has 1 fully saturated rings. The van der Waals surface area contributed by atoms with Crippen molar-refractivity contribution in [2.45, 2.75) is 12.6 Å². The Morgan fingerprint density at radius 2 is 1.53 bits per heavy atom. The van der Waals surface area contributed by atoms with Crippen LogP contribution in [0.5, 0.6) is 17.2 Å². The fourth-order valence-corrected chi connectivity index (χ4v) is 4.64. The van der Waals surface area contributed by atoms with Gasteiger partial charge in [0.05, 0.1) is 49.1 Å². The van der Waals surface area contributed by atoms with Gasteiger partial charge in [0.2, 0.25) is 0 Å². The molecule has 1 aliphatic rings. The lowest BCUT2D eigenvalue weighted by atomic mass is 9.94. The van der Waals surface area contributed by atoms with Gasteiger partial charge in [0, 0.05) is 18.2 Å². The summed E-state index contributed by atoms with van der Waals surface area (Å²) in [6.07, 6.45) is 0. The fraction of sp³-hybridized carbons (Fsp3) is 0.179. The summed E-state index contributed by atoms with van der Waals surface area (Å²) in [4.78, 5) is 39.3. The Bertz CT molecular complexity index is 1450. The van der Waals surface area contributed by atoms with Crippen LogP contribution in [0.1, 0.15) is 33.1 Å². The highest BCUT2D eigenvalue weighted by Crippen LogP contribution is 2.45. The predicted octanol–water partition coefficient (Wildman–Crippen LogP) is 4.69. The molecule has 2 N–H and O–H groups in total. The van der Waals surface area contributed by atoms with E-state index in [4.69, 9.17) is 25.8 Å². The van der Waals surface area contributed by atoms with Crippen LogP contribution in [0.3, 0.4) is 0 Å². The fourth-order valence-electron chi connectivity index (χ4n) is 4.40. The van der Waals surface area contributed by atoms with E-state index in [0.717, 1.165) is 0 Å². The Morgan fingerprint density at radius 1 is 0.895 bits per heavy atom. The Labute approximate surface area is 223 Å². The third-order valence-corrected chi connectivity index (χ3v) is 6.55. The van der Waals surface area contributed by atoms with Gasteiger partial charge in [-0.05, 0) is 29.8 Å². The van der Waals surface area contributed by atoms with Gasteiger partial charge < -0.3 is 29.3 Å². The molecular formula is C28H24ClNO8. The van der Waals surface area contributed by atoms with Gasteiger partial charge in [-0.3, -0.25) is 9.59 Å². The van der Waals surface area contributed by atoms with Crippen molar-refractivity contribution >= 4 is 35.0 Å². The molecule has 9 nitrogen and oxygen atoms in total. The summed E-state index contributed by atoms with van der Waals surface area (Å²) in [6.45, 7) is -0.0372. The van der Waals surface area contributed by atoms with E-state index in [1.54, 1.807) is 36.4 Å². The van der Waals surface area contributed by atoms with Gasteiger partial charge in [-0.1, -0.05) is 41.9 Å². The van der Waals surface area contributed by atoms with Crippen LogP contribution in [0.2, 0.25) is 5.02 Å². The van der Waals surface area contributed by atoms with Crippen molar-refractivity contribution in [2.24, 2.45) is 0 Å². The lowest BCUT2D eigenvalue weighted by Crippen LogP contribution is -2.29. The number of rotatable bonds is 8. The van der Waals surface area contributed by atoms with Gasteiger partial charge in [-0.2, -0.15) is 0 Å². The molecule has 3 aromatic rings. The van der Waals surface area contributed by atoms with Crippen LogP contribution in [0.15, 0.2) is 66.2 Å². The second kappa shape index (κ2) is 10.9. The smallest absolute Gasteiger partial charge is 0.335 e. The third-order valence-electron chi connectivity index (χ3n) is 6.26. The largest absolute Gasteiger partial charge is 0.507 e. The number of methoxy groups -OCH3 is 3.